The van der Waals surface area contributed by atoms with Gasteiger partial charge in [-0.25, -0.2) is 4.39 Å². The second kappa shape index (κ2) is 5.91. The topological polar surface area (TPSA) is 43.4 Å². The summed E-state index contributed by atoms with van der Waals surface area (Å²) in [7, 11) is 1.27. The second-order valence-electron chi connectivity index (χ2n) is 3.68. The molecular weight excluding hydrogens is 291 g/mol. The van der Waals surface area contributed by atoms with Gasteiger partial charge < -0.3 is 4.74 Å². The van der Waals surface area contributed by atoms with Crippen molar-refractivity contribution >= 4 is 27.7 Å². The molecule has 0 heterocycles. The molecule has 1 aromatic rings. The summed E-state index contributed by atoms with van der Waals surface area (Å²) in [5, 5.41) is 0. The molecule has 0 saturated heterocycles. The predicted molar refractivity (Wildman–Crippen MR) is 64.2 cm³/mol. The highest BCUT2D eigenvalue weighted by Crippen LogP contribution is 2.21. The van der Waals surface area contributed by atoms with E-state index in [-0.39, 0.29) is 17.8 Å². The van der Waals surface area contributed by atoms with Gasteiger partial charge in [-0.15, -0.1) is 0 Å². The molecule has 1 aromatic carbocycles. The maximum Gasteiger partial charge on any atom is 0.308 e. The molecule has 5 heteroatoms. The SMILES string of the molecule is COC(=O)C(C)CC(=O)c1cc(F)ccc1Br. The predicted octanol–water partition coefficient (Wildman–Crippen LogP) is 2.97. The lowest BCUT2D eigenvalue weighted by atomic mass is 10.00. The van der Waals surface area contributed by atoms with Gasteiger partial charge in [0, 0.05) is 16.5 Å². The van der Waals surface area contributed by atoms with Crippen LogP contribution in [0.2, 0.25) is 0 Å². The molecule has 0 bridgehead atoms. The maximum absolute atomic E-state index is 13.0. The van der Waals surface area contributed by atoms with Gasteiger partial charge in [0.25, 0.3) is 0 Å². The van der Waals surface area contributed by atoms with Crippen LogP contribution in [0.25, 0.3) is 0 Å². The summed E-state index contributed by atoms with van der Waals surface area (Å²) in [6, 6.07) is 3.87. The van der Waals surface area contributed by atoms with Crippen molar-refractivity contribution in [3.63, 3.8) is 0 Å². The number of carbonyl (C=O) groups excluding carboxylic acids is 2. The maximum atomic E-state index is 13.0. The second-order valence-corrected chi connectivity index (χ2v) is 4.53. The fourth-order valence-corrected chi connectivity index (χ4v) is 1.85. The molecule has 0 radical (unpaired) electrons. The van der Waals surface area contributed by atoms with E-state index in [0.717, 1.165) is 6.07 Å². The Labute approximate surface area is 107 Å². The number of ketones is 1. The van der Waals surface area contributed by atoms with Crippen molar-refractivity contribution in [2.75, 3.05) is 7.11 Å². The van der Waals surface area contributed by atoms with E-state index in [1.807, 2.05) is 0 Å². The van der Waals surface area contributed by atoms with E-state index in [9.17, 15) is 14.0 Å². The average Bonchev–Trinajstić information content (AvgIpc) is 2.30. The van der Waals surface area contributed by atoms with E-state index in [1.165, 1.54) is 19.2 Å². The lowest BCUT2D eigenvalue weighted by Gasteiger charge is -2.09. The first kappa shape index (κ1) is 13.8. The van der Waals surface area contributed by atoms with Crippen LogP contribution >= 0.6 is 15.9 Å². The van der Waals surface area contributed by atoms with Crippen molar-refractivity contribution < 1.29 is 18.7 Å². The first-order chi connectivity index (χ1) is 7.95. The zero-order valence-corrected chi connectivity index (χ0v) is 11.1. The van der Waals surface area contributed by atoms with Crippen LogP contribution in [0, 0.1) is 11.7 Å². The molecule has 0 aromatic heterocycles. The van der Waals surface area contributed by atoms with E-state index in [4.69, 9.17) is 0 Å². The summed E-state index contributed by atoms with van der Waals surface area (Å²) < 4.78 is 18.0. The third-order valence-electron chi connectivity index (χ3n) is 2.32. The monoisotopic (exact) mass is 302 g/mol. The van der Waals surface area contributed by atoms with Gasteiger partial charge in [0.15, 0.2) is 5.78 Å². The van der Waals surface area contributed by atoms with Crippen LogP contribution in [0.5, 0.6) is 0 Å². The average molecular weight is 303 g/mol. The Morgan fingerprint density at radius 1 is 1.47 bits per heavy atom. The Morgan fingerprint density at radius 3 is 2.71 bits per heavy atom. The first-order valence-corrected chi connectivity index (χ1v) is 5.81. The number of carbonyl (C=O) groups is 2. The minimum Gasteiger partial charge on any atom is -0.469 e. The Hall–Kier alpha value is -1.23. The van der Waals surface area contributed by atoms with Crippen LogP contribution in [-0.4, -0.2) is 18.9 Å². The zero-order valence-electron chi connectivity index (χ0n) is 9.50. The molecule has 17 heavy (non-hydrogen) atoms. The highest BCUT2D eigenvalue weighted by molar-refractivity contribution is 9.10. The molecule has 0 saturated carbocycles. The van der Waals surface area contributed by atoms with Crippen LogP contribution in [0.1, 0.15) is 23.7 Å². The fraction of sp³-hybridized carbons (Fsp3) is 0.333. The van der Waals surface area contributed by atoms with Crippen molar-refractivity contribution in [2.45, 2.75) is 13.3 Å². The Kier molecular flexibility index (Phi) is 4.81. The van der Waals surface area contributed by atoms with Gasteiger partial charge in [-0.05, 0) is 18.2 Å². The van der Waals surface area contributed by atoms with Gasteiger partial charge in [-0.1, -0.05) is 22.9 Å². The summed E-state index contributed by atoms with van der Waals surface area (Å²) in [4.78, 5) is 23.0. The molecule has 1 atom stereocenters. The summed E-state index contributed by atoms with van der Waals surface area (Å²) in [6.07, 6.45) is -0.00523. The summed E-state index contributed by atoms with van der Waals surface area (Å²) in [5.74, 6) is -1.77. The minimum absolute atomic E-state index is 0.00523. The van der Waals surface area contributed by atoms with E-state index in [0.29, 0.717) is 4.47 Å². The standard InChI is InChI=1S/C12H12BrFO3/c1-7(12(16)17-2)5-11(15)9-6-8(14)3-4-10(9)13/h3-4,6-7H,5H2,1-2H3. The molecule has 0 spiro atoms. The number of methoxy groups -OCH3 is 1. The lowest BCUT2D eigenvalue weighted by molar-refractivity contribution is -0.144. The van der Waals surface area contributed by atoms with Gasteiger partial charge in [-0.3, -0.25) is 9.59 Å². The fourth-order valence-electron chi connectivity index (χ4n) is 1.38. The summed E-state index contributed by atoms with van der Waals surface area (Å²) in [6.45, 7) is 1.59. The summed E-state index contributed by atoms with van der Waals surface area (Å²) in [5.41, 5.74) is 0.237. The largest absolute Gasteiger partial charge is 0.469 e. The number of Topliss-reactive ketones (excluding diaryl/α,β-unsaturated/α-hetero) is 1. The van der Waals surface area contributed by atoms with E-state index in [1.54, 1.807) is 6.92 Å². The van der Waals surface area contributed by atoms with E-state index >= 15 is 0 Å². The molecule has 0 aliphatic rings. The van der Waals surface area contributed by atoms with Crippen molar-refractivity contribution in [1.29, 1.82) is 0 Å². The van der Waals surface area contributed by atoms with Gasteiger partial charge in [0.2, 0.25) is 0 Å². The van der Waals surface area contributed by atoms with Gasteiger partial charge in [-0.2, -0.15) is 0 Å². The van der Waals surface area contributed by atoms with Crippen LogP contribution in [-0.2, 0) is 9.53 Å². The van der Waals surface area contributed by atoms with Crippen molar-refractivity contribution in [2.24, 2.45) is 5.92 Å². The molecule has 0 fully saturated rings. The van der Waals surface area contributed by atoms with Gasteiger partial charge in [0.05, 0.1) is 13.0 Å². The Balaban J connectivity index is 2.83. The summed E-state index contributed by atoms with van der Waals surface area (Å²) >= 11 is 3.17. The Morgan fingerprint density at radius 2 is 2.12 bits per heavy atom. The minimum atomic E-state index is -0.539. The van der Waals surface area contributed by atoms with Crippen molar-refractivity contribution in [3.8, 4) is 0 Å². The number of ether oxygens (including phenoxy) is 1. The van der Waals surface area contributed by atoms with Crippen LogP contribution in [0.3, 0.4) is 0 Å². The number of hydrogen-bond donors (Lipinski definition) is 0. The van der Waals surface area contributed by atoms with E-state index in [2.05, 4.69) is 20.7 Å². The zero-order chi connectivity index (χ0) is 13.0. The molecule has 0 N–H and O–H groups in total. The molecule has 0 aliphatic heterocycles. The molecule has 1 unspecified atom stereocenters. The molecule has 0 amide bonds. The molecule has 3 nitrogen and oxygen atoms in total. The number of rotatable bonds is 4. The Bertz CT molecular complexity index is 445. The number of benzene rings is 1. The number of hydrogen-bond acceptors (Lipinski definition) is 3. The van der Waals surface area contributed by atoms with E-state index < -0.39 is 17.7 Å². The molecule has 0 aliphatic carbocycles. The number of halogens is 2. The van der Waals surface area contributed by atoms with Gasteiger partial charge in [0.1, 0.15) is 5.82 Å². The number of esters is 1. The third kappa shape index (κ3) is 3.63. The smallest absolute Gasteiger partial charge is 0.308 e. The van der Waals surface area contributed by atoms with Crippen LogP contribution < -0.4 is 0 Å². The first-order valence-electron chi connectivity index (χ1n) is 5.01. The molecular formula is C12H12BrFO3. The highest BCUT2D eigenvalue weighted by Gasteiger charge is 2.20. The molecule has 1 rings (SSSR count). The van der Waals surface area contributed by atoms with Crippen molar-refractivity contribution in [1.82, 2.24) is 0 Å². The molecule has 92 valence electrons. The van der Waals surface area contributed by atoms with Crippen LogP contribution in [0.4, 0.5) is 4.39 Å². The van der Waals surface area contributed by atoms with Crippen molar-refractivity contribution in [3.05, 3.63) is 34.1 Å². The third-order valence-corrected chi connectivity index (χ3v) is 3.02. The van der Waals surface area contributed by atoms with Crippen LogP contribution in [0.15, 0.2) is 22.7 Å². The van der Waals surface area contributed by atoms with Gasteiger partial charge >= 0.3 is 5.97 Å². The lowest BCUT2D eigenvalue weighted by Crippen LogP contribution is -2.17. The quantitative estimate of drug-likeness (QED) is 0.634. The normalized spacial score (nSPS) is 12.0. The highest BCUT2D eigenvalue weighted by atomic mass is 79.9.